The Morgan fingerprint density at radius 1 is 1.27 bits per heavy atom. The van der Waals surface area contributed by atoms with Crippen molar-refractivity contribution < 1.29 is 9.59 Å². The van der Waals surface area contributed by atoms with Gasteiger partial charge in [-0.05, 0) is 81.5 Å². The van der Waals surface area contributed by atoms with Gasteiger partial charge in [0.2, 0.25) is 11.8 Å². The molecule has 162 valence electrons. The van der Waals surface area contributed by atoms with Crippen molar-refractivity contribution >= 4 is 17.5 Å². The van der Waals surface area contributed by atoms with Crippen LogP contribution in [0.5, 0.6) is 0 Å². The van der Waals surface area contributed by atoms with Gasteiger partial charge in [-0.1, -0.05) is 36.5 Å². The van der Waals surface area contributed by atoms with E-state index in [1.807, 2.05) is 33.8 Å². The zero-order chi connectivity index (χ0) is 21.9. The van der Waals surface area contributed by atoms with Crippen LogP contribution in [0.1, 0.15) is 76.3 Å². The first-order valence-electron chi connectivity index (χ1n) is 11.0. The number of amides is 2. The first kappa shape index (κ1) is 22.2. The van der Waals surface area contributed by atoms with Crippen molar-refractivity contribution in [1.29, 1.82) is 0 Å². The van der Waals surface area contributed by atoms with Gasteiger partial charge < -0.3 is 10.2 Å². The van der Waals surface area contributed by atoms with Crippen LogP contribution in [0.3, 0.4) is 0 Å². The third kappa shape index (κ3) is 5.14. The molecule has 30 heavy (non-hydrogen) atoms. The zero-order valence-electron chi connectivity index (χ0n) is 18.5. The Kier molecular flexibility index (Phi) is 6.71. The molecule has 1 aliphatic heterocycles. The molecule has 1 heterocycles. The fourth-order valence-electron chi connectivity index (χ4n) is 4.87. The Morgan fingerprint density at radius 2 is 1.97 bits per heavy atom. The number of nitrogens with zero attached hydrogens (tertiary/aromatic N) is 4. The molecule has 2 unspecified atom stereocenters. The highest BCUT2D eigenvalue weighted by Crippen LogP contribution is 2.45. The van der Waals surface area contributed by atoms with Crippen molar-refractivity contribution in [1.82, 2.24) is 5.32 Å². The summed E-state index contributed by atoms with van der Waals surface area (Å²) < 4.78 is 0. The fraction of sp³-hybridized carbons (Fsp3) is 0.652. The number of carbonyl (C=O) groups is 2. The standard InChI is InChI=1S/C23H33N5O2/c1-15-10-11-17-18(16-8-6-5-7-9-16)13-19(26-27-24)22(30)28(20(17)12-15)14-21(29)25-23(2,3)4/h10-12,16,18-19H,5-9,13-14H2,1-4H3,(H,25,29). The summed E-state index contributed by atoms with van der Waals surface area (Å²) in [5.41, 5.74) is 11.6. The minimum absolute atomic E-state index is 0.0820. The smallest absolute Gasteiger partial charge is 0.240 e. The molecule has 7 heteroatoms. The molecule has 1 aliphatic carbocycles. The largest absolute Gasteiger partial charge is 0.350 e. The highest BCUT2D eigenvalue weighted by molar-refractivity contribution is 6.03. The van der Waals surface area contributed by atoms with Crippen LogP contribution in [-0.2, 0) is 9.59 Å². The summed E-state index contributed by atoms with van der Waals surface area (Å²) in [4.78, 5) is 30.6. The first-order chi connectivity index (χ1) is 14.2. The monoisotopic (exact) mass is 411 g/mol. The summed E-state index contributed by atoms with van der Waals surface area (Å²) in [6.45, 7) is 7.64. The summed E-state index contributed by atoms with van der Waals surface area (Å²) in [5.74, 6) is 0.102. The summed E-state index contributed by atoms with van der Waals surface area (Å²) in [6.07, 6.45) is 6.39. The third-order valence-corrected chi connectivity index (χ3v) is 6.13. The molecule has 0 spiro atoms. The molecule has 7 nitrogen and oxygen atoms in total. The number of fused-ring (bicyclic) bond motifs is 1. The molecule has 1 aromatic rings. The molecule has 2 atom stereocenters. The lowest BCUT2D eigenvalue weighted by molar-refractivity contribution is -0.125. The number of rotatable bonds is 4. The molecule has 0 saturated heterocycles. The van der Waals surface area contributed by atoms with Gasteiger partial charge in [0, 0.05) is 16.1 Å². The number of aryl methyl sites for hydroxylation is 1. The lowest BCUT2D eigenvalue weighted by atomic mass is 9.74. The molecule has 1 aromatic carbocycles. The summed E-state index contributed by atoms with van der Waals surface area (Å²) in [6, 6.07) is 5.37. The van der Waals surface area contributed by atoms with E-state index in [1.54, 1.807) is 0 Å². The van der Waals surface area contributed by atoms with Gasteiger partial charge in [-0.2, -0.15) is 0 Å². The predicted octanol–water partition coefficient (Wildman–Crippen LogP) is 4.99. The van der Waals surface area contributed by atoms with Crippen molar-refractivity contribution in [2.75, 3.05) is 11.4 Å². The van der Waals surface area contributed by atoms with Crippen molar-refractivity contribution in [3.05, 3.63) is 39.8 Å². The van der Waals surface area contributed by atoms with Crippen molar-refractivity contribution in [2.24, 2.45) is 11.0 Å². The summed E-state index contributed by atoms with van der Waals surface area (Å²) in [5, 5.41) is 6.80. The van der Waals surface area contributed by atoms with Gasteiger partial charge in [0.1, 0.15) is 12.6 Å². The second kappa shape index (κ2) is 9.09. The maximum absolute atomic E-state index is 13.4. The van der Waals surface area contributed by atoms with Gasteiger partial charge in [-0.15, -0.1) is 0 Å². The van der Waals surface area contributed by atoms with E-state index in [2.05, 4.69) is 27.5 Å². The van der Waals surface area contributed by atoms with Crippen LogP contribution in [0.25, 0.3) is 10.4 Å². The Bertz CT molecular complexity index is 848. The van der Waals surface area contributed by atoms with E-state index in [0.29, 0.717) is 12.3 Å². The van der Waals surface area contributed by atoms with Crippen LogP contribution in [0.4, 0.5) is 5.69 Å². The van der Waals surface area contributed by atoms with Gasteiger partial charge >= 0.3 is 0 Å². The second-order valence-electron chi connectivity index (χ2n) is 9.75. The van der Waals surface area contributed by atoms with E-state index in [9.17, 15) is 9.59 Å². The number of azide groups is 1. The fourth-order valence-corrected chi connectivity index (χ4v) is 4.87. The first-order valence-corrected chi connectivity index (χ1v) is 11.0. The van der Waals surface area contributed by atoms with Crippen LogP contribution in [0, 0.1) is 12.8 Å². The van der Waals surface area contributed by atoms with E-state index < -0.39 is 11.6 Å². The number of hydrogen-bond donors (Lipinski definition) is 1. The minimum atomic E-state index is -0.794. The minimum Gasteiger partial charge on any atom is -0.350 e. The van der Waals surface area contributed by atoms with E-state index in [0.717, 1.165) is 29.7 Å². The molecule has 0 aromatic heterocycles. The molecule has 2 aliphatic rings. The third-order valence-electron chi connectivity index (χ3n) is 6.13. The van der Waals surface area contributed by atoms with Gasteiger partial charge in [0.15, 0.2) is 0 Å². The zero-order valence-corrected chi connectivity index (χ0v) is 18.5. The molecule has 2 amide bonds. The number of hydrogen-bond acceptors (Lipinski definition) is 3. The number of carbonyl (C=O) groups excluding carboxylic acids is 2. The van der Waals surface area contributed by atoms with E-state index in [1.165, 1.54) is 24.2 Å². The van der Waals surface area contributed by atoms with Crippen LogP contribution >= 0.6 is 0 Å². The number of nitrogens with one attached hydrogen (secondary N) is 1. The van der Waals surface area contributed by atoms with Crippen LogP contribution in [0.15, 0.2) is 23.3 Å². The molecular formula is C23H33N5O2. The van der Waals surface area contributed by atoms with Gasteiger partial charge in [-0.3, -0.25) is 9.59 Å². The van der Waals surface area contributed by atoms with Gasteiger partial charge in [-0.25, -0.2) is 0 Å². The maximum atomic E-state index is 13.4. The lowest BCUT2D eigenvalue weighted by Crippen LogP contribution is -2.49. The SMILES string of the molecule is Cc1ccc2c(c1)N(CC(=O)NC(C)(C)C)C(=O)C(N=[N+]=[N-])CC2C1CCCCC1. The molecule has 1 fully saturated rings. The molecule has 1 N–H and O–H groups in total. The topological polar surface area (TPSA) is 98.2 Å². The Labute approximate surface area is 178 Å². The highest BCUT2D eigenvalue weighted by atomic mass is 16.2. The molecular weight excluding hydrogens is 378 g/mol. The Balaban J connectivity index is 2.04. The molecule has 0 radical (unpaired) electrons. The molecule has 3 rings (SSSR count). The Morgan fingerprint density at radius 3 is 2.60 bits per heavy atom. The Hall–Kier alpha value is -2.53. The average Bonchev–Trinajstić information content (AvgIpc) is 2.78. The van der Waals surface area contributed by atoms with Crippen LogP contribution < -0.4 is 10.2 Å². The van der Waals surface area contributed by atoms with Gasteiger partial charge in [0.25, 0.3) is 0 Å². The normalized spacial score (nSPS) is 22.7. The van der Waals surface area contributed by atoms with Crippen molar-refractivity contribution in [2.45, 2.75) is 83.7 Å². The molecule has 0 bridgehead atoms. The number of anilines is 1. The highest BCUT2D eigenvalue weighted by Gasteiger charge is 2.39. The summed E-state index contributed by atoms with van der Waals surface area (Å²) in [7, 11) is 0. The molecule has 1 saturated carbocycles. The lowest BCUT2D eigenvalue weighted by Gasteiger charge is -2.31. The van der Waals surface area contributed by atoms with Crippen LogP contribution in [-0.4, -0.2) is 29.9 Å². The predicted molar refractivity (Wildman–Crippen MR) is 118 cm³/mol. The second-order valence-corrected chi connectivity index (χ2v) is 9.75. The average molecular weight is 412 g/mol. The van der Waals surface area contributed by atoms with E-state index in [-0.39, 0.29) is 24.3 Å². The quantitative estimate of drug-likeness (QED) is 0.429. The van der Waals surface area contributed by atoms with Gasteiger partial charge in [0.05, 0.1) is 0 Å². The number of benzene rings is 1. The summed E-state index contributed by atoms with van der Waals surface area (Å²) >= 11 is 0. The van der Waals surface area contributed by atoms with E-state index >= 15 is 0 Å². The van der Waals surface area contributed by atoms with Crippen molar-refractivity contribution in [3.8, 4) is 0 Å². The van der Waals surface area contributed by atoms with Crippen LogP contribution in [0.2, 0.25) is 0 Å². The maximum Gasteiger partial charge on any atom is 0.240 e. The van der Waals surface area contributed by atoms with Crippen molar-refractivity contribution in [3.63, 3.8) is 0 Å². The van der Waals surface area contributed by atoms with E-state index in [4.69, 9.17) is 5.53 Å².